The first-order valence-corrected chi connectivity index (χ1v) is 10.0. The highest BCUT2D eigenvalue weighted by molar-refractivity contribution is 7.15. The highest BCUT2D eigenvalue weighted by Gasteiger charge is 2.26. The molecule has 1 atom stereocenters. The minimum atomic E-state index is -0.638. The van der Waals surface area contributed by atoms with Crippen molar-refractivity contribution in [1.29, 1.82) is 0 Å². The molecule has 0 saturated heterocycles. The maximum atomic E-state index is 12.8. The van der Waals surface area contributed by atoms with Crippen LogP contribution in [-0.4, -0.2) is 29.9 Å². The van der Waals surface area contributed by atoms with Gasteiger partial charge in [0.1, 0.15) is 11.8 Å². The van der Waals surface area contributed by atoms with Gasteiger partial charge in [-0.2, -0.15) is 0 Å². The molecule has 1 aromatic carbocycles. The average Bonchev–Trinajstić information content (AvgIpc) is 3.07. The number of rotatable bonds is 6. The molecule has 0 saturated carbocycles. The maximum Gasteiger partial charge on any atom is 0.251 e. The van der Waals surface area contributed by atoms with Crippen LogP contribution in [0.2, 0.25) is 0 Å². The number of nitrogens with one attached hydrogen (secondary N) is 2. The quantitative estimate of drug-likeness (QED) is 0.796. The van der Waals surface area contributed by atoms with Gasteiger partial charge in [-0.05, 0) is 55.9 Å². The number of nitrogens with zero attached hydrogens (tertiary/aromatic N) is 1. The van der Waals surface area contributed by atoms with Gasteiger partial charge in [-0.3, -0.25) is 9.59 Å². The molecule has 27 heavy (non-hydrogen) atoms. The Kier molecular flexibility index (Phi) is 6.11. The van der Waals surface area contributed by atoms with Crippen LogP contribution in [0.5, 0.6) is 5.75 Å². The third kappa shape index (κ3) is 4.66. The number of methoxy groups -OCH3 is 1. The molecule has 0 aliphatic heterocycles. The number of carbonyl (C=O) groups is 2. The Bertz CT molecular complexity index is 791. The predicted molar refractivity (Wildman–Crippen MR) is 106 cm³/mol. The van der Waals surface area contributed by atoms with Crippen molar-refractivity contribution in [1.82, 2.24) is 10.3 Å². The number of thiazole rings is 1. The van der Waals surface area contributed by atoms with Crippen molar-refractivity contribution in [2.24, 2.45) is 5.92 Å². The molecule has 2 N–H and O–H groups in total. The number of benzene rings is 1. The van der Waals surface area contributed by atoms with E-state index >= 15 is 0 Å². The van der Waals surface area contributed by atoms with Gasteiger partial charge in [0.25, 0.3) is 5.91 Å². The molecule has 0 bridgehead atoms. The number of fused-ring (bicyclic) bond motifs is 1. The lowest BCUT2D eigenvalue weighted by atomic mass is 10.0. The first-order valence-electron chi connectivity index (χ1n) is 9.22. The van der Waals surface area contributed by atoms with Crippen LogP contribution in [0, 0.1) is 5.92 Å². The van der Waals surface area contributed by atoms with Gasteiger partial charge < -0.3 is 15.4 Å². The van der Waals surface area contributed by atoms with E-state index in [9.17, 15) is 9.59 Å². The molecule has 0 spiro atoms. The van der Waals surface area contributed by atoms with Gasteiger partial charge >= 0.3 is 0 Å². The fraction of sp³-hybridized carbons (Fsp3) is 0.450. The van der Waals surface area contributed by atoms with E-state index in [2.05, 4.69) is 15.6 Å². The van der Waals surface area contributed by atoms with Gasteiger partial charge in [-0.25, -0.2) is 4.98 Å². The number of hydrogen-bond acceptors (Lipinski definition) is 5. The minimum absolute atomic E-state index is 0.0539. The zero-order chi connectivity index (χ0) is 19.4. The summed E-state index contributed by atoms with van der Waals surface area (Å²) in [5.74, 6) is 0.0992. The summed E-state index contributed by atoms with van der Waals surface area (Å²) in [4.78, 5) is 31.1. The van der Waals surface area contributed by atoms with Crippen LogP contribution in [0.25, 0.3) is 0 Å². The molecular formula is C20H25N3O3S. The van der Waals surface area contributed by atoms with E-state index < -0.39 is 6.04 Å². The Hall–Kier alpha value is -2.41. The summed E-state index contributed by atoms with van der Waals surface area (Å²) < 4.78 is 5.11. The van der Waals surface area contributed by atoms with Crippen LogP contribution in [-0.2, 0) is 17.6 Å². The van der Waals surface area contributed by atoms with Gasteiger partial charge in [0.2, 0.25) is 5.91 Å². The highest BCUT2D eigenvalue weighted by Crippen LogP contribution is 2.29. The first kappa shape index (κ1) is 19.4. The summed E-state index contributed by atoms with van der Waals surface area (Å²) in [6.07, 6.45) is 4.33. The van der Waals surface area contributed by atoms with E-state index in [4.69, 9.17) is 4.74 Å². The van der Waals surface area contributed by atoms with Crippen LogP contribution >= 0.6 is 11.3 Å². The molecule has 1 aromatic heterocycles. The molecule has 6 nitrogen and oxygen atoms in total. The number of aryl methyl sites for hydroxylation is 2. The number of hydrogen-bond donors (Lipinski definition) is 2. The summed E-state index contributed by atoms with van der Waals surface area (Å²) >= 11 is 1.54. The molecule has 1 aliphatic carbocycles. The van der Waals surface area contributed by atoms with E-state index in [1.807, 2.05) is 13.8 Å². The summed E-state index contributed by atoms with van der Waals surface area (Å²) in [7, 11) is 1.57. The van der Waals surface area contributed by atoms with Gasteiger partial charge in [0.15, 0.2) is 5.13 Å². The fourth-order valence-electron chi connectivity index (χ4n) is 3.09. The van der Waals surface area contributed by atoms with Crippen molar-refractivity contribution >= 4 is 28.3 Å². The number of ether oxygens (including phenoxy) is 1. The van der Waals surface area contributed by atoms with E-state index in [0.29, 0.717) is 16.4 Å². The van der Waals surface area contributed by atoms with Crippen LogP contribution in [0.15, 0.2) is 24.3 Å². The Balaban J connectivity index is 1.67. The van der Waals surface area contributed by atoms with E-state index in [1.165, 1.54) is 11.3 Å². The number of carbonyl (C=O) groups excluding carboxylic acids is 2. The van der Waals surface area contributed by atoms with Crippen LogP contribution in [0.1, 0.15) is 47.6 Å². The van der Waals surface area contributed by atoms with Crippen molar-refractivity contribution in [2.45, 2.75) is 45.6 Å². The van der Waals surface area contributed by atoms with E-state index in [-0.39, 0.29) is 17.7 Å². The molecule has 0 unspecified atom stereocenters. The highest BCUT2D eigenvalue weighted by atomic mass is 32.1. The van der Waals surface area contributed by atoms with Crippen molar-refractivity contribution in [2.75, 3.05) is 12.4 Å². The van der Waals surface area contributed by atoms with Gasteiger partial charge in [0.05, 0.1) is 12.8 Å². The molecule has 3 rings (SSSR count). The third-order valence-electron chi connectivity index (χ3n) is 4.66. The predicted octanol–water partition coefficient (Wildman–Crippen LogP) is 3.42. The molecule has 144 valence electrons. The Labute approximate surface area is 163 Å². The zero-order valence-corrected chi connectivity index (χ0v) is 16.7. The Morgan fingerprint density at radius 1 is 1.15 bits per heavy atom. The van der Waals surface area contributed by atoms with Gasteiger partial charge in [-0.15, -0.1) is 11.3 Å². The lowest BCUT2D eigenvalue weighted by Crippen LogP contribution is -2.47. The lowest BCUT2D eigenvalue weighted by molar-refractivity contribution is -0.118. The monoisotopic (exact) mass is 387 g/mol. The van der Waals surface area contributed by atoms with Crippen molar-refractivity contribution < 1.29 is 14.3 Å². The second kappa shape index (κ2) is 8.52. The molecule has 2 amide bonds. The summed E-state index contributed by atoms with van der Waals surface area (Å²) in [6.45, 7) is 3.82. The minimum Gasteiger partial charge on any atom is -0.497 e. The zero-order valence-electron chi connectivity index (χ0n) is 15.9. The van der Waals surface area contributed by atoms with Crippen LogP contribution in [0.3, 0.4) is 0 Å². The summed E-state index contributed by atoms with van der Waals surface area (Å²) in [5.41, 5.74) is 1.59. The standard InChI is InChI=1S/C20H25N3O3S/c1-12(2)17(22-18(24)13-8-10-14(26-3)11-9-13)19(25)23-20-21-15-6-4-5-7-16(15)27-20/h8-12,17H,4-7H2,1-3H3,(H,22,24)(H,21,23,25)/t17-/m0/s1. The maximum absolute atomic E-state index is 12.8. The second-order valence-corrected chi connectivity index (χ2v) is 8.09. The molecule has 0 fully saturated rings. The fourth-order valence-corrected chi connectivity index (χ4v) is 4.14. The first-order chi connectivity index (χ1) is 13.0. The van der Waals surface area contributed by atoms with E-state index in [0.717, 1.165) is 25.0 Å². The normalized spacial score (nSPS) is 14.4. The van der Waals surface area contributed by atoms with Crippen molar-refractivity contribution in [3.05, 3.63) is 40.4 Å². The largest absolute Gasteiger partial charge is 0.497 e. The molecule has 7 heteroatoms. The van der Waals surface area contributed by atoms with Crippen molar-refractivity contribution in [3.8, 4) is 5.75 Å². The van der Waals surface area contributed by atoms with Gasteiger partial charge in [-0.1, -0.05) is 13.8 Å². The second-order valence-electron chi connectivity index (χ2n) is 7.01. The van der Waals surface area contributed by atoms with Crippen LogP contribution in [0.4, 0.5) is 5.13 Å². The molecule has 1 aliphatic rings. The topological polar surface area (TPSA) is 80.3 Å². The smallest absolute Gasteiger partial charge is 0.251 e. The Morgan fingerprint density at radius 3 is 2.48 bits per heavy atom. The van der Waals surface area contributed by atoms with E-state index in [1.54, 1.807) is 42.7 Å². The number of amides is 2. The third-order valence-corrected chi connectivity index (χ3v) is 5.74. The van der Waals surface area contributed by atoms with Crippen LogP contribution < -0.4 is 15.4 Å². The number of aromatic nitrogens is 1. The molecule has 2 aromatic rings. The summed E-state index contributed by atoms with van der Waals surface area (Å²) in [5, 5.41) is 6.35. The molecule has 0 radical (unpaired) electrons. The Morgan fingerprint density at radius 2 is 1.85 bits per heavy atom. The summed E-state index contributed by atoms with van der Waals surface area (Å²) in [6, 6.07) is 6.16. The average molecular weight is 388 g/mol. The SMILES string of the molecule is COc1ccc(C(=O)N[C@H](C(=O)Nc2nc3c(s2)CCCC3)C(C)C)cc1. The van der Waals surface area contributed by atoms with Crippen molar-refractivity contribution in [3.63, 3.8) is 0 Å². The van der Waals surface area contributed by atoms with Gasteiger partial charge in [0, 0.05) is 10.4 Å². The molecular weight excluding hydrogens is 362 g/mol. The number of anilines is 1. The lowest BCUT2D eigenvalue weighted by Gasteiger charge is -2.21. The molecule has 1 heterocycles.